The van der Waals surface area contributed by atoms with E-state index in [2.05, 4.69) is 5.32 Å². The van der Waals surface area contributed by atoms with Gasteiger partial charge >= 0.3 is 0 Å². The Labute approximate surface area is 106 Å². The molecule has 18 heavy (non-hydrogen) atoms. The normalized spacial score (nSPS) is 14.1. The highest BCUT2D eigenvalue weighted by Crippen LogP contribution is 2.29. The number of methoxy groups -OCH3 is 1. The molecule has 98 valence electrons. The van der Waals surface area contributed by atoms with Crippen molar-refractivity contribution in [2.24, 2.45) is 0 Å². The number of nitrogen functional groups attached to an aromatic ring is 1. The van der Waals surface area contributed by atoms with Gasteiger partial charge in [-0.2, -0.15) is 0 Å². The molecule has 5 heteroatoms. The zero-order chi connectivity index (χ0) is 13.0. The van der Waals surface area contributed by atoms with Gasteiger partial charge in [0.1, 0.15) is 0 Å². The molecule has 0 spiro atoms. The molecule has 1 aromatic carbocycles. The van der Waals surface area contributed by atoms with E-state index in [0.717, 1.165) is 12.8 Å². The molecule has 1 fully saturated rings. The van der Waals surface area contributed by atoms with Crippen LogP contribution in [0.25, 0.3) is 0 Å². The standard InChI is InChI=1S/C13H18N2O3/c1-17-11-5-2-9(14)8-12(11)18-7-6-13(16)15-10-3-4-10/h2,5,8,10H,3-4,6-7,14H2,1H3,(H,15,16). The molecular formula is C13H18N2O3. The third-order valence-corrected chi connectivity index (χ3v) is 2.72. The number of carbonyl (C=O) groups excluding carboxylic acids is 1. The summed E-state index contributed by atoms with van der Waals surface area (Å²) in [6, 6.07) is 5.57. The Morgan fingerprint density at radius 2 is 2.22 bits per heavy atom. The van der Waals surface area contributed by atoms with Crippen LogP contribution >= 0.6 is 0 Å². The van der Waals surface area contributed by atoms with Crippen molar-refractivity contribution in [2.75, 3.05) is 19.5 Å². The highest BCUT2D eigenvalue weighted by Gasteiger charge is 2.22. The molecule has 1 aliphatic carbocycles. The second-order valence-corrected chi connectivity index (χ2v) is 4.35. The third-order valence-electron chi connectivity index (χ3n) is 2.72. The van der Waals surface area contributed by atoms with Crippen molar-refractivity contribution in [1.29, 1.82) is 0 Å². The molecule has 0 aromatic heterocycles. The van der Waals surface area contributed by atoms with Crippen LogP contribution < -0.4 is 20.5 Å². The highest BCUT2D eigenvalue weighted by atomic mass is 16.5. The molecule has 0 heterocycles. The third kappa shape index (κ3) is 3.55. The molecule has 0 unspecified atom stereocenters. The zero-order valence-electron chi connectivity index (χ0n) is 10.4. The molecule has 0 saturated heterocycles. The van der Waals surface area contributed by atoms with E-state index in [0.29, 0.717) is 36.3 Å². The Hall–Kier alpha value is -1.91. The SMILES string of the molecule is COc1ccc(N)cc1OCCC(=O)NC1CC1. The average molecular weight is 250 g/mol. The predicted octanol–water partition coefficient (Wildman–Crippen LogP) is 1.32. The molecular weight excluding hydrogens is 232 g/mol. The Balaban J connectivity index is 1.81. The van der Waals surface area contributed by atoms with E-state index in [1.165, 1.54) is 0 Å². The quantitative estimate of drug-likeness (QED) is 0.747. The summed E-state index contributed by atoms with van der Waals surface area (Å²) in [6.45, 7) is 0.318. The molecule has 3 N–H and O–H groups in total. The lowest BCUT2D eigenvalue weighted by Gasteiger charge is -2.11. The van der Waals surface area contributed by atoms with Gasteiger partial charge in [0.2, 0.25) is 5.91 Å². The van der Waals surface area contributed by atoms with Gasteiger partial charge in [-0.1, -0.05) is 0 Å². The molecule has 1 aliphatic rings. The van der Waals surface area contributed by atoms with Crippen molar-refractivity contribution < 1.29 is 14.3 Å². The predicted molar refractivity (Wildman–Crippen MR) is 68.7 cm³/mol. The van der Waals surface area contributed by atoms with Gasteiger partial charge in [0.05, 0.1) is 20.1 Å². The minimum Gasteiger partial charge on any atom is -0.493 e. The summed E-state index contributed by atoms with van der Waals surface area (Å²) < 4.78 is 10.7. The largest absolute Gasteiger partial charge is 0.493 e. The summed E-state index contributed by atoms with van der Waals surface area (Å²) >= 11 is 0. The van der Waals surface area contributed by atoms with Crippen LogP contribution in [0.1, 0.15) is 19.3 Å². The van der Waals surface area contributed by atoms with E-state index in [1.54, 1.807) is 25.3 Å². The Bertz CT molecular complexity index is 430. The van der Waals surface area contributed by atoms with Gasteiger partial charge in [-0.05, 0) is 25.0 Å². The van der Waals surface area contributed by atoms with Crippen LogP contribution in [-0.4, -0.2) is 25.7 Å². The number of amides is 1. The van der Waals surface area contributed by atoms with Crippen LogP contribution in [0.2, 0.25) is 0 Å². The first-order valence-electron chi connectivity index (χ1n) is 6.04. The number of benzene rings is 1. The van der Waals surface area contributed by atoms with Crippen LogP contribution in [0, 0.1) is 0 Å². The van der Waals surface area contributed by atoms with Crippen molar-refractivity contribution >= 4 is 11.6 Å². The number of carbonyl (C=O) groups is 1. The average Bonchev–Trinajstić information content (AvgIpc) is 3.13. The van der Waals surface area contributed by atoms with E-state index in [1.807, 2.05) is 0 Å². The Morgan fingerprint density at radius 1 is 1.44 bits per heavy atom. The monoisotopic (exact) mass is 250 g/mol. The summed E-state index contributed by atoms with van der Waals surface area (Å²) in [5, 5.41) is 2.91. The van der Waals surface area contributed by atoms with Gasteiger partial charge in [-0.25, -0.2) is 0 Å². The van der Waals surface area contributed by atoms with Crippen molar-refractivity contribution in [2.45, 2.75) is 25.3 Å². The van der Waals surface area contributed by atoms with Crippen LogP contribution in [-0.2, 0) is 4.79 Å². The van der Waals surface area contributed by atoms with Crippen molar-refractivity contribution in [3.8, 4) is 11.5 Å². The maximum atomic E-state index is 11.5. The molecule has 5 nitrogen and oxygen atoms in total. The summed E-state index contributed by atoms with van der Waals surface area (Å²) in [4.78, 5) is 11.5. The van der Waals surface area contributed by atoms with Gasteiger partial charge in [0, 0.05) is 17.8 Å². The van der Waals surface area contributed by atoms with E-state index >= 15 is 0 Å². The number of anilines is 1. The summed E-state index contributed by atoms with van der Waals surface area (Å²) in [5.74, 6) is 1.21. The smallest absolute Gasteiger partial charge is 0.223 e. The number of hydrogen-bond acceptors (Lipinski definition) is 4. The fourth-order valence-corrected chi connectivity index (χ4v) is 1.59. The fraction of sp³-hybridized carbons (Fsp3) is 0.462. The van der Waals surface area contributed by atoms with Crippen molar-refractivity contribution in [3.05, 3.63) is 18.2 Å². The first-order chi connectivity index (χ1) is 8.69. The number of ether oxygens (including phenoxy) is 2. The lowest BCUT2D eigenvalue weighted by molar-refractivity contribution is -0.121. The van der Waals surface area contributed by atoms with E-state index in [-0.39, 0.29) is 5.91 Å². The van der Waals surface area contributed by atoms with E-state index in [4.69, 9.17) is 15.2 Å². The highest BCUT2D eigenvalue weighted by molar-refractivity contribution is 5.76. The van der Waals surface area contributed by atoms with Gasteiger partial charge in [0.25, 0.3) is 0 Å². The first kappa shape index (κ1) is 12.5. The number of nitrogens with one attached hydrogen (secondary N) is 1. The number of nitrogens with two attached hydrogens (primary N) is 1. The molecule has 1 aromatic rings. The topological polar surface area (TPSA) is 73.6 Å². The zero-order valence-corrected chi connectivity index (χ0v) is 10.4. The number of rotatable bonds is 6. The molecule has 0 aliphatic heterocycles. The second-order valence-electron chi connectivity index (χ2n) is 4.35. The van der Waals surface area contributed by atoms with Gasteiger partial charge < -0.3 is 20.5 Å². The maximum Gasteiger partial charge on any atom is 0.223 e. The van der Waals surface area contributed by atoms with Crippen molar-refractivity contribution in [3.63, 3.8) is 0 Å². The number of hydrogen-bond donors (Lipinski definition) is 2. The van der Waals surface area contributed by atoms with Crippen molar-refractivity contribution in [1.82, 2.24) is 5.32 Å². The summed E-state index contributed by atoms with van der Waals surface area (Å²) in [6.07, 6.45) is 2.53. The maximum absolute atomic E-state index is 11.5. The Kier molecular flexibility index (Phi) is 3.92. The van der Waals surface area contributed by atoms with Gasteiger partial charge in [-0.15, -0.1) is 0 Å². The fourth-order valence-electron chi connectivity index (χ4n) is 1.59. The van der Waals surface area contributed by atoms with Gasteiger partial charge in [-0.3, -0.25) is 4.79 Å². The lowest BCUT2D eigenvalue weighted by atomic mass is 10.3. The summed E-state index contributed by atoms with van der Waals surface area (Å²) in [7, 11) is 1.57. The molecule has 1 saturated carbocycles. The molecule has 1 amide bonds. The Morgan fingerprint density at radius 3 is 2.89 bits per heavy atom. The minimum absolute atomic E-state index is 0.0281. The van der Waals surface area contributed by atoms with Crippen LogP contribution in [0.15, 0.2) is 18.2 Å². The molecule has 0 bridgehead atoms. The minimum atomic E-state index is 0.0281. The molecule has 2 rings (SSSR count). The van der Waals surface area contributed by atoms with Crippen LogP contribution in [0.3, 0.4) is 0 Å². The first-order valence-corrected chi connectivity index (χ1v) is 6.04. The second kappa shape index (κ2) is 5.62. The van der Waals surface area contributed by atoms with Crippen LogP contribution in [0.5, 0.6) is 11.5 Å². The van der Waals surface area contributed by atoms with Crippen LogP contribution in [0.4, 0.5) is 5.69 Å². The van der Waals surface area contributed by atoms with E-state index < -0.39 is 0 Å². The van der Waals surface area contributed by atoms with Gasteiger partial charge in [0.15, 0.2) is 11.5 Å². The summed E-state index contributed by atoms with van der Waals surface area (Å²) in [5.41, 5.74) is 6.28. The lowest BCUT2D eigenvalue weighted by Crippen LogP contribution is -2.26. The molecule has 0 radical (unpaired) electrons. The molecule has 0 atom stereocenters. The van der Waals surface area contributed by atoms with E-state index in [9.17, 15) is 4.79 Å².